The van der Waals surface area contributed by atoms with Crippen LogP contribution in [0.2, 0.25) is 0 Å². The summed E-state index contributed by atoms with van der Waals surface area (Å²) in [5.74, 6) is -0.260. The van der Waals surface area contributed by atoms with Gasteiger partial charge in [-0.05, 0) is 32.9 Å². The van der Waals surface area contributed by atoms with E-state index >= 15 is 0 Å². The lowest BCUT2D eigenvalue weighted by Gasteiger charge is -2.33. The SMILES string of the molecule is CC(C)(C)N1CC(=O)Nc2ccccc2C1=O. The molecule has 0 aromatic heterocycles. The Balaban J connectivity index is 2.50. The van der Waals surface area contributed by atoms with E-state index in [0.29, 0.717) is 11.3 Å². The first kappa shape index (κ1) is 11.6. The maximum atomic E-state index is 12.4. The molecule has 1 aromatic rings. The van der Waals surface area contributed by atoms with E-state index in [0.717, 1.165) is 0 Å². The fourth-order valence-electron chi connectivity index (χ4n) is 1.87. The molecule has 0 unspecified atom stereocenters. The van der Waals surface area contributed by atoms with E-state index in [9.17, 15) is 9.59 Å². The van der Waals surface area contributed by atoms with Crippen LogP contribution in [0.25, 0.3) is 0 Å². The van der Waals surface area contributed by atoms with Gasteiger partial charge in [0.15, 0.2) is 0 Å². The van der Waals surface area contributed by atoms with Crippen molar-refractivity contribution in [1.82, 2.24) is 4.90 Å². The Hall–Kier alpha value is -1.84. The summed E-state index contributed by atoms with van der Waals surface area (Å²) >= 11 is 0. The highest BCUT2D eigenvalue weighted by Gasteiger charge is 2.32. The molecule has 90 valence electrons. The quantitative estimate of drug-likeness (QED) is 0.742. The van der Waals surface area contributed by atoms with E-state index in [1.54, 1.807) is 29.2 Å². The molecule has 0 bridgehead atoms. The Morgan fingerprint density at radius 3 is 2.47 bits per heavy atom. The van der Waals surface area contributed by atoms with Crippen molar-refractivity contribution in [2.45, 2.75) is 26.3 Å². The molecule has 1 aromatic carbocycles. The van der Waals surface area contributed by atoms with Crippen molar-refractivity contribution in [3.8, 4) is 0 Å². The van der Waals surface area contributed by atoms with Crippen LogP contribution in [0, 0.1) is 0 Å². The van der Waals surface area contributed by atoms with Crippen LogP contribution in [0.15, 0.2) is 24.3 Å². The fraction of sp³-hybridized carbons (Fsp3) is 0.385. The Morgan fingerprint density at radius 1 is 1.18 bits per heavy atom. The zero-order valence-electron chi connectivity index (χ0n) is 10.3. The molecule has 4 heteroatoms. The molecule has 17 heavy (non-hydrogen) atoms. The monoisotopic (exact) mass is 232 g/mol. The second kappa shape index (κ2) is 3.87. The fourth-order valence-corrected chi connectivity index (χ4v) is 1.87. The van der Waals surface area contributed by atoms with Crippen molar-refractivity contribution in [3.63, 3.8) is 0 Å². The van der Waals surface area contributed by atoms with Crippen LogP contribution in [0.4, 0.5) is 5.69 Å². The minimum absolute atomic E-state index is 0.0943. The second-order valence-corrected chi connectivity index (χ2v) is 5.16. The zero-order chi connectivity index (χ0) is 12.6. The van der Waals surface area contributed by atoms with E-state index in [-0.39, 0.29) is 23.9 Å². The summed E-state index contributed by atoms with van der Waals surface area (Å²) < 4.78 is 0. The van der Waals surface area contributed by atoms with Crippen LogP contribution in [0.1, 0.15) is 31.1 Å². The van der Waals surface area contributed by atoms with Gasteiger partial charge in [0.25, 0.3) is 5.91 Å². The summed E-state index contributed by atoms with van der Waals surface area (Å²) in [4.78, 5) is 25.7. The number of fused-ring (bicyclic) bond motifs is 1. The topological polar surface area (TPSA) is 49.4 Å². The first-order chi connectivity index (χ1) is 7.89. The highest BCUT2D eigenvalue weighted by atomic mass is 16.2. The zero-order valence-corrected chi connectivity index (χ0v) is 10.3. The van der Waals surface area contributed by atoms with Crippen molar-refractivity contribution >= 4 is 17.5 Å². The average molecular weight is 232 g/mol. The number of nitrogens with one attached hydrogen (secondary N) is 1. The number of rotatable bonds is 0. The van der Waals surface area contributed by atoms with E-state index < -0.39 is 0 Å². The number of benzene rings is 1. The maximum absolute atomic E-state index is 12.4. The Morgan fingerprint density at radius 2 is 1.82 bits per heavy atom. The summed E-state index contributed by atoms with van der Waals surface area (Å²) in [5.41, 5.74) is 0.772. The van der Waals surface area contributed by atoms with E-state index in [4.69, 9.17) is 0 Å². The summed E-state index contributed by atoms with van der Waals surface area (Å²) in [5, 5.41) is 2.75. The van der Waals surface area contributed by atoms with E-state index in [2.05, 4.69) is 5.32 Å². The minimum atomic E-state index is -0.369. The molecule has 0 spiro atoms. The maximum Gasteiger partial charge on any atom is 0.256 e. The molecule has 2 rings (SSSR count). The average Bonchev–Trinajstić information content (AvgIpc) is 2.36. The number of anilines is 1. The number of hydrogen-bond donors (Lipinski definition) is 1. The van der Waals surface area contributed by atoms with Gasteiger partial charge in [-0.1, -0.05) is 12.1 Å². The highest BCUT2D eigenvalue weighted by molar-refractivity contribution is 6.08. The summed E-state index contributed by atoms with van der Waals surface area (Å²) in [6.45, 7) is 5.86. The Kier molecular flexibility index (Phi) is 2.65. The lowest BCUT2D eigenvalue weighted by molar-refractivity contribution is -0.117. The molecule has 0 saturated carbocycles. The van der Waals surface area contributed by atoms with Crippen LogP contribution in [-0.4, -0.2) is 28.8 Å². The lowest BCUT2D eigenvalue weighted by atomic mass is 10.0. The number of para-hydroxylation sites is 1. The van der Waals surface area contributed by atoms with Crippen molar-refractivity contribution in [2.24, 2.45) is 0 Å². The molecule has 4 nitrogen and oxygen atoms in total. The van der Waals surface area contributed by atoms with Gasteiger partial charge in [0.05, 0.1) is 11.3 Å². The first-order valence-electron chi connectivity index (χ1n) is 5.60. The van der Waals surface area contributed by atoms with Crippen molar-refractivity contribution < 1.29 is 9.59 Å². The minimum Gasteiger partial charge on any atom is -0.324 e. The van der Waals surface area contributed by atoms with Gasteiger partial charge in [-0.2, -0.15) is 0 Å². The predicted octanol–water partition coefficient (Wildman–Crippen LogP) is 1.88. The number of carbonyl (C=O) groups is 2. The Labute approximate surface area is 101 Å². The summed E-state index contributed by atoms with van der Waals surface area (Å²) in [7, 11) is 0. The molecule has 1 heterocycles. The summed E-state index contributed by atoms with van der Waals surface area (Å²) in [6.07, 6.45) is 0. The molecular formula is C13H16N2O2. The number of hydrogen-bond acceptors (Lipinski definition) is 2. The molecule has 0 atom stereocenters. The summed E-state index contributed by atoms with van der Waals surface area (Å²) in [6, 6.07) is 7.09. The van der Waals surface area contributed by atoms with Crippen molar-refractivity contribution in [2.75, 3.05) is 11.9 Å². The molecule has 0 fully saturated rings. The van der Waals surface area contributed by atoms with Gasteiger partial charge in [0.1, 0.15) is 6.54 Å². The van der Waals surface area contributed by atoms with Crippen molar-refractivity contribution in [1.29, 1.82) is 0 Å². The third kappa shape index (κ3) is 2.16. The van der Waals surface area contributed by atoms with Gasteiger partial charge in [-0.25, -0.2) is 0 Å². The van der Waals surface area contributed by atoms with Crippen LogP contribution >= 0.6 is 0 Å². The standard InChI is InChI=1S/C13H16N2O2/c1-13(2,3)15-8-11(16)14-10-7-5-4-6-9(10)12(15)17/h4-7H,8H2,1-3H3,(H,14,16). The number of carbonyl (C=O) groups excluding carboxylic acids is 2. The van der Waals surface area contributed by atoms with Crippen molar-refractivity contribution in [3.05, 3.63) is 29.8 Å². The first-order valence-corrected chi connectivity index (χ1v) is 5.60. The van der Waals surface area contributed by atoms with Crippen LogP contribution in [-0.2, 0) is 4.79 Å². The third-order valence-corrected chi connectivity index (χ3v) is 2.79. The number of amides is 2. The van der Waals surface area contributed by atoms with Gasteiger partial charge in [-0.3, -0.25) is 9.59 Å². The van der Waals surface area contributed by atoms with E-state index in [1.165, 1.54) is 0 Å². The van der Waals surface area contributed by atoms with Gasteiger partial charge in [0.2, 0.25) is 5.91 Å². The molecule has 0 saturated heterocycles. The molecular weight excluding hydrogens is 216 g/mol. The van der Waals surface area contributed by atoms with Gasteiger partial charge in [0, 0.05) is 5.54 Å². The normalized spacial score (nSPS) is 16.3. The molecule has 0 radical (unpaired) electrons. The molecule has 1 N–H and O–H groups in total. The molecule has 2 amide bonds. The van der Waals surface area contributed by atoms with Gasteiger partial charge in [-0.15, -0.1) is 0 Å². The van der Waals surface area contributed by atoms with Gasteiger partial charge < -0.3 is 10.2 Å². The van der Waals surface area contributed by atoms with Gasteiger partial charge >= 0.3 is 0 Å². The van der Waals surface area contributed by atoms with Crippen LogP contribution in [0.3, 0.4) is 0 Å². The predicted molar refractivity (Wildman–Crippen MR) is 65.9 cm³/mol. The second-order valence-electron chi connectivity index (χ2n) is 5.16. The van der Waals surface area contributed by atoms with Crippen LogP contribution < -0.4 is 5.32 Å². The van der Waals surface area contributed by atoms with Crippen LogP contribution in [0.5, 0.6) is 0 Å². The third-order valence-electron chi connectivity index (χ3n) is 2.79. The van der Waals surface area contributed by atoms with E-state index in [1.807, 2.05) is 20.8 Å². The highest BCUT2D eigenvalue weighted by Crippen LogP contribution is 2.24. The Bertz CT molecular complexity index is 475. The molecule has 1 aliphatic rings. The molecule has 1 aliphatic heterocycles. The lowest BCUT2D eigenvalue weighted by Crippen LogP contribution is -2.47. The smallest absolute Gasteiger partial charge is 0.256 e. The molecule has 0 aliphatic carbocycles. The largest absolute Gasteiger partial charge is 0.324 e. The number of nitrogens with zero attached hydrogens (tertiary/aromatic N) is 1.